The Morgan fingerprint density at radius 1 is 1.25 bits per heavy atom. The van der Waals surface area contributed by atoms with Gasteiger partial charge in [0.15, 0.2) is 11.6 Å². The second-order valence-corrected chi connectivity index (χ2v) is 5.21. The standard InChI is InChI=1S/C16H23N3O/c1-5-8-17-10-11(2)15-12(3)18-16(19-13(15)4)14-7-6-9-20-14/h6-7,9,11,17H,5,8,10H2,1-4H3. The van der Waals surface area contributed by atoms with Crippen molar-refractivity contribution in [2.24, 2.45) is 0 Å². The summed E-state index contributed by atoms with van der Waals surface area (Å²) in [5.41, 5.74) is 3.31. The van der Waals surface area contributed by atoms with Crippen LogP contribution in [0.4, 0.5) is 0 Å². The molecule has 0 bridgehead atoms. The topological polar surface area (TPSA) is 51.0 Å². The molecule has 2 heterocycles. The molecule has 1 atom stereocenters. The number of nitrogens with zero attached hydrogens (tertiary/aromatic N) is 2. The van der Waals surface area contributed by atoms with E-state index in [-0.39, 0.29) is 0 Å². The van der Waals surface area contributed by atoms with Gasteiger partial charge in [-0.15, -0.1) is 0 Å². The molecular formula is C16H23N3O. The smallest absolute Gasteiger partial charge is 0.196 e. The van der Waals surface area contributed by atoms with Crippen molar-refractivity contribution in [2.45, 2.75) is 40.0 Å². The molecule has 4 heteroatoms. The lowest BCUT2D eigenvalue weighted by atomic mass is 9.98. The Morgan fingerprint density at radius 3 is 2.50 bits per heavy atom. The summed E-state index contributed by atoms with van der Waals surface area (Å²) in [7, 11) is 0. The van der Waals surface area contributed by atoms with Crippen LogP contribution in [0.25, 0.3) is 11.6 Å². The predicted octanol–water partition coefficient (Wildman–Crippen LogP) is 3.46. The Morgan fingerprint density at radius 2 is 1.95 bits per heavy atom. The van der Waals surface area contributed by atoms with Crippen LogP contribution < -0.4 is 5.32 Å². The number of rotatable bonds is 6. The van der Waals surface area contributed by atoms with Crippen molar-refractivity contribution in [3.8, 4) is 11.6 Å². The molecule has 0 aromatic carbocycles. The van der Waals surface area contributed by atoms with Crippen molar-refractivity contribution in [2.75, 3.05) is 13.1 Å². The van der Waals surface area contributed by atoms with Gasteiger partial charge in [-0.1, -0.05) is 13.8 Å². The van der Waals surface area contributed by atoms with Crippen LogP contribution >= 0.6 is 0 Å². The van der Waals surface area contributed by atoms with Gasteiger partial charge in [0.25, 0.3) is 0 Å². The first-order chi connectivity index (χ1) is 9.63. The summed E-state index contributed by atoms with van der Waals surface area (Å²) < 4.78 is 5.37. The fraction of sp³-hybridized carbons (Fsp3) is 0.500. The summed E-state index contributed by atoms with van der Waals surface area (Å²) in [5, 5.41) is 3.46. The third-order valence-corrected chi connectivity index (χ3v) is 3.44. The van der Waals surface area contributed by atoms with Gasteiger partial charge in [-0.2, -0.15) is 0 Å². The van der Waals surface area contributed by atoms with E-state index in [1.54, 1.807) is 6.26 Å². The van der Waals surface area contributed by atoms with Gasteiger partial charge in [0.2, 0.25) is 0 Å². The Kier molecular flexibility index (Phi) is 4.90. The molecule has 2 aromatic rings. The quantitative estimate of drug-likeness (QED) is 0.819. The average Bonchev–Trinajstić information content (AvgIpc) is 2.92. The van der Waals surface area contributed by atoms with E-state index >= 15 is 0 Å². The zero-order chi connectivity index (χ0) is 14.5. The minimum atomic E-state index is 0.409. The van der Waals surface area contributed by atoms with Gasteiger partial charge in [-0.25, -0.2) is 9.97 Å². The van der Waals surface area contributed by atoms with Crippen LogP contribution in [0.15, 0.2) is 22.8 Å². The van der Waals surface area contributed by atoms with Crippen molar-refractivity contribution < 1.29 is 4.42 Å². The van der Waals surface area contributed by atoms with Crippen molar-refractivity contribution in [3.05, 3.63) is 35.3 Å². The Bertz CT molecular complexity index is 526. The van der Waals surface area contributed by atoms with Crippen LogP contribution in [-0.4, -0.2) is 23.1 Å². The molecule has 0 spiro atoms. The number of aryl methyl sites for hydroxylation is 2. The second-order valence-electron chi connectivity index (χ2n) is 5.21. The Balaban J connectivity index is 2.22. The first-order valence-corrected chi connectivity index (χ1v) is 7.23. The zero-order valence-corrected chi connectivity index (χ0v) is 12.7. The van der Waals surface area contributed by atoms with Crippen LogP contribution in [-0.2, 0) is 0 Å². The van der Waals surface area contributed by atoms with Gasteiger partial charge in [-0.3, -0.25) is 0 Å². The molecule has 0 aliphatic carbocycles. The highest BCUT2D eigenvalue weighted by atomic mass is 16.3. The van der Waals surface area contributed by atoms with Gasteiger partial charge in [-0.05, 0) is 50.4 Å². The first kappa shape index (κ1) is 14.7. The molecule has 0 fully saturated rings. The van der Waals surface area contributed by atoms with E-state index in [0.29, 0.717) is 11.7 Å². The summed E-state index contributed by atoms with van der Waals surface area (Å²) in [5.74, 6) is 1.80. The van der Waals surface area contributed by atoms with Crippen molar-refractivity contribution >= 4 is 0 Å². The molecule has 2 rings (SSSR count). The minimum Gasteiger partial charge on any atom is -0.461 e. The van der Waals surface area contributed by atoms with Crippen molar-refractivity contribution in [1.82, 2.24) is 15.3 Å². The summed E-state index contributed by atoms with van der Waals surface area (Å²) in [6.45, 7) is 10.5. The van der Waals surface area contributed by atoms with Gasteiger partial charge in [0.1, 0.15) is 0 Å². The van der Waals surface area contributed by atoms with Gasteiger partial charge in [0, 0.05) is 17.9 Å². The van der Waals surface area contributed by atoms with Gasteiger partial charge < -0.3 is 9.73 Å². The Hall–Kier alpha value is -1.68. The van der Waals surface area contributed by atoms with E-state index in [0.717, 1.165) is 36.7 Å². The molecule has 0 radical (unpaired) electrons. The molecule has 0 aliphatic rings. The maximum atomic E-state index is 5.37. The summed E-state index contributed by atoms with van der Waals surface area (Å²) in [6.07, 6.45) is 2.80. The highest BCUT2D eigenvalue weighted by Crippen LogP contribution is 2.24. The molecule has 0 aliphatic heterocycles. The molecular weight excluding hydrogens is 250 g/mol. The van der Waals surface area contributed by atoms with E-state index in [9.17, 15) is 0 Å². The molecule has 20 heavy (non-hydrogen) atoms. The van der Waals surface area contributed by atoms with Crippen LogP contribution in [0.1, 0.15) is 43.1 Å². The van der Waals surface area contributed by atoms with E-state index in [1.807, 2.05) is 26.0 Å². The first-order valence-electron chi connectivity index (χ1n) is 7.23. The lowest BCUT2D eigenvalue weighted by molar-refractivity contribution is 0.574. The van der Waals surface area contributed by atoms with Crippen LogP contribution in [0.2, 0.25) is 0 Å². The van der Waals surface area contributed by atoms with Gasteiger partial charge >= 0.3 is 0 Å². The van der Waals surface area contributed by atoms with Crippen LogP contribution in [0.5, 0.6) is 0 Å². The third-order valence-electron chi connectivity index (χ3n) is 3.44. The largest absolute Gasteiger partial charge is 0.461 e. The highest BCUT2D eigenvalue weighted by Gasteiger charge is 2.16. The van der Waals surface area contributed by atoms with E-state index in [1.165, 1.54) is 5.56 Å². The third kappa shape index (κ3) is 3.25. The second kappa shape index (κ2) is 6.66. The summed E-state index contributed by atoms with van der Waals surface area (Å²) in [4.78, 5) is 9.19. The van der Waals surface area contributed by atoms with E-state index < -0.39 is 0 Å². The number of nitrogens with one attached hydrogen (secondary N) is 1. The van der Waals surface area contributed by atoms with Crippen LogP contribution in [0.3, 0.4) is 0 Å². The molecule has 4 nitrogen and oxygen atoms in total. The molecule has 2 aromatic heterocycles. The van der Waals surface area contributed by atoms with E-state index in [4.69, 9.17) is 4.42 Å². The number of furan rings is 1. The highest BCUT2D eigenvalue weighted by molar-refractivity contribution is 5.48. The maximum Gasteiger partial charge on any atom is 0.196 e. The molecule has 1 unspecified atom stereocenters. The number of aromatic nitrogens is 2. The van der Waals surface area contributed by atoms with Crippen molar-refractivity contribution in [1.29, 1.82) is 0 Å². The molecule has 108 valence electrons. The predicted molar refractivity (Wildman–Crippen MR) is 80.8 cm³/mol. The maximum absolute atomic E-state index is 5.37. The molecule has 0 saturated carbocycles. The van der Waals surface area contributed by atoms with Gasteiger partial charge in [0.05, 0.1) is 6.26 Å². The zero-order valence-electron chi connectivity index (χ0n) is 12.7. The summed E-state index contributed by atoms with van der Waals surface area (Å²) in [6, 6.07) is 3.74. The Labute approximate surface area is 120 Å². The average molecular weight is 273 g/mol. The number of hydrogen-bond acceptors (Lipinski definition) is 4. The molecule has 1 N–H and O–H groups in total. The fourth-order valence-electron chi connectivity index (χ4n) is 2.55. The summed E-state index contributed by atoms with van der Waals surface area (Å²) >= 11 is 0. The minimum absolute atomic E-state index is 0.409. The van der Waals surface area contributed by atoms with Crippen LogP contribution in [0, 0.1) is 13.8 Å². The molecule has 0 saturated heterocycles. The SMILES string of the molecule is CCCNCC(C)c1c(C)nc(-c2ccco2)nc1C. The monoisotopic (exact) mass is 273 g/mol. The molecule has 0 amide bonds. The normalized spacial score (nSPS) is 12.6. The van der Waals surface area contributed by atoms with E-state index in [2.05, 4.69) is 29.1 Å². The fourth-order valence-corrected chi connectivity index (χ4v) is 2.55. The lowest BCUT2D eigenvalue weighted by Crippen LogP contribution is -2.22. The van der Waals surface area contributed by atoms with Crippen molar-refractivity contribution in [3.63, 3.8) is 0 Å². The number of hydrogen-bond donors (Lipinski definition) is 1. The lowest BCUT2D eigenvalue weighted by Gasteiger charge is -2.17.